The largest absolute Gasteiger partial charge is 0.485 e. The van der Waals surface area contributed by atoms with E-state index in [0.29, 0.717) is 17.9 Å². The molecule has 6 heteroatoms. The Morgan fingerprint density at radius 2 is 1.48 bits per heavy atom. The van der Waals surface area contributed by atoms with Crippen LogP contribution in [-0.2, 0) is 10.0 Å². The smallest absolute Gasteiger partial charge is 0.276 e. The minimum absolute atomic E-state index is 0.175. The molecule has 0 unspecified atom stereocenters. The molecule has 0 spiro atoms. The number of sulfonamides is 1. The SMILES string of the molecule is O=S(=O)(N/N=C1/C[C@H](c2ccccc2)Oc2ccccc21)c1ccccc1. The minimum atomic E-state index is -3.72. The van der Waals surface area contributed by atoms with E-state index in [4.69, 9.17) is 4.74 Å². The Morgan fingerprint density at radius 1 is 0.852 bits per heavy atom. The van der Waals surface area contributed by atoms with E-state index in [1.54, 1.807) is 18.2 Å². The van der Waals surface area contributed by atoms with Crippen LogP contribution in [0.2, 0.25) is 0 Å². The molecule has 0 saturated carbocycles. The molecular formula is C21H18N2O3S. The van der Waals surface area contributed by atoms with Crippen molar-refractivity contribution in [3.8, 4) is 5.75 Å². The fourth-order valence-corrected chi connectivity index (χ4v) is 3.87. The van der Waals surface area contributed by atoms with Crippen molar-refractivity contribution < 1.29 is 13.2 Å². The second-order valence-electron chi connectivity index (χ2n) is 6.18. The van der Waals surface area contributed by atoms with Crippen LogP contribution in [0.1, 0.15) is 23.7 Å². The van der Waals surface area contributed by atoms with Gasteiger partial charge in [-0.25, -0.2) is 0 Å². The number of nitrogens with one attached hydrogen (secondary N) is 1. The van der Waals surface area contributed by atoms with Crippen LogP contribution in [-0.4, -0.2) is 14.1 Å². The highest BCUT2D eigenvalue weighted by Gasteiger charge is 2.26. The molecule has 1 aliphatic heterocycles. The van der Waals surface area contributed by atoms with Gasteiger partial charge in [0.25, 0.3) is 10.0 Å². The third kappa shape index (κ3) is 3.71. The maximum Gasteiger partial charge on any atom is 0.276 e. The summed E-state index contributed by atoms with van der Waals surface area (Å²) in [7, 11) is -3.72. The van der Waals surface area contributed by atoms with Crippen molar-refractivity contribution in [1.29, 1.82) is 0 Å². The Hall–Kier alpha value is -3.12. The van der Waals surface area contributed by atoms with Gasteiger partial charge in [0.15, 0.2) is 0 Å². The van der Waals surface area contributed by atoms with Crippen LogP contribution in [0.4, 0.5) is 0 Å². The summed E-state index contributed by atoms with van der Waals surface area (Å²) in [5.41, 5.74) is 2.45. The summed E-state index contributed by atoms with van der Waals surface area (Å²) in [5, 5.41) is 4.25. The first kappa shape index (κ1) is 17.3. The third-order valence-corrected chi connectivity index (χ3v) is 5.60. The van der Waals surface area contributed by atoms with E-state index < -0.39 is 10.0 Å². The molecule has 0 fully saturated rings. The second-order valence-corrected chi connectivity index (χ2v) is 7.84. The number of ether oxygens (including phenoxy) is 1. The molecule has 1 heterocycles. The van der Waals surface area contributed by atoms with Gasteiger partial charge >= 0.3 is 0 Å². The number of para-hydroxylation sites is 1. The van der Waals surface area contributed by atoms with E-state index >= 15 is 0 Å². The number of hydrazone groups is 1. The van der Waals surface area contributed by atoms with E-state index in [1.165, 1.54) is 12.1 Å². The molecule has 1 atom stereocenters. The summed E-state index contributed by atoms with van der Waals surface area (Å²) in [6.45, 7) is 0. The van der Waals surface area contributed by atoms with Crippen LogP contribution in [0.25, 0.3) is 0 Å². The number of benzene rings is 3. The summed E-state index contributed by atoms with van der Waals surface area (Å²) in [6, 6.07) is 25.5. The summed E-state index contributed by atoms with van der Waals surface area (Å²) in [4.78, 5) is 2.54. The molecular weight excluding hydrogens is 360 g/mol. The Balaban J connectivity index is 1.67. The molecule has 0 bridgehead atoms. The first-order valence-electron chi connectivity index (χ1n) is 8.58. The first-order valence-corrected chi connectivity index (χ1v) is 10.1. The van der Waals surface area contributed by atoms with Crippen LogP contribution in [0.3, 0.4) is 0 Å². The Labute approximate surface area is 158 Å². The Bertz CT molecular complexity index is 1060. The van der Waals surface area contributed by atoms with E-state index in [0.717, 1.165) is 11.1 Å². The summed E-state index contributed by atoms with van der Waals surface area (Å²) >= 11 is 0. The van der Waals surface area contributed by atoms with Gasteiger partial charge in [-0.2, -0.15) is 18.4 Å². The van der Waals surface area contributed by atoms with Gasteiger partial charge in [-0.3, -0.25) is 0 Å². The van der Waals surface area contributed by atoms with Gasteiger partial charge in [-0.15, -0.1) is 0 Å². The van der Waals surface area contributed by atoms with Crippen LogP contribution in [0, 0.1) is 0 Å². The van der Waals surface area contributed by atoms with E-state index in [-0.39, 0.29) is 11.0 Å². The molecule has 0 amide bonds. The molecule has 0 aliphatic carbocycles. The standard InChI is InChI=1S/C21H18N2O3S/c24-27(25,17-11-5-2-6-12-17)23-22-19-15-21(16-9-3-1-4-10-16)26-20-14-8-7-13-18(19)20/h1-14,21,23H,15H2/b22-19-/t21-/m1/s1. The van der Waals surface area contributed by atoms with Gasteiger partial charge in [-0.05, 0) is 29.8 Å². The molecule has 0 aromatic heterocycles. The van der Waals surface area contributed by atoms with Crippen molar-refractivity contribution in [2.45, 2.75) is 17.4 Å². The zero-order valence-corrected chi connectivity index (χ0v) is 15.3. The van der Waals surface area contributed by atoms with Crippen LogP contribution >= 0.6 is 0 Å². The molecule has 5 nitrogen and oxygen atoms in total. The zero-order valence-electron chi connectivity index (χ0n) is 14.4. The molecule has 0 radical (unpaired) electrons. The van der Waals surface area contributed by atoms with Crippen molar-refractivity contribution in [3.05, 3.63) is 96.1 Å². The topological polar surface area (TPSA) is 67.8 Å². The van der Waals surface area contributed by atoms with Gasteiger partial charge in [-0.1, -0.05) is 60.7 Å². The molecule has 4 rings (SSSR count). The quantitative estimate of drug-likeness (QED) is 0.700. The minimum Gasteiger partial charge on any atom is -0.485 e. The van der Waals surface area contributed by atoms with E-state index in [1.807, 2.05) is 54.6 Å². The van der Waals surface area contributed by atoms with Gasteiger partial charge in [0.2, 0.25) is 0 Å². The van der Waals surface area contributed by atoms with Crippen LogP contribution in [0.15, 0.2) is 94.9 Å². The second kappa shape index (κ2) is 7.25. The predicted molar refractivity (Wildman–Crippen MR) is 104 cm³/mol. The number of nitrogens with zero attached hydrogens (tertiary/aromatic N) is 1. The van der Waals surface area contributed by atoms with Crippen molar-refractivity contribution in [2.24, 2.45) is 5.10 Å². The number of fused-ring (bicyclic) bond motifs is 1. The highest BCUT2D eigenvalue weighted by atomic mass is 32.2. The van der Waals surface area contributed by atoms with Crippen LogP contribution < -0.4 is 9.57 Å². The molecule has 3 aromatic rings. The number of hydrogen-bond donors (Lipinski definition) is 1. The van der Waals surface area contributed by atoms with Gasteiger partial charge in [0.1, 0.15) is 11.9 Å². The maximum absolute atomic E-state index is 12.5. The lowest BCUT2D eigenvalue weighted by molar-refractivity contribution is 0.206. The van der Waals surface area contributed by atoms with Crippen molar-refractivity contribution in [3.63, 3.8) is 0 Å². The predicted octanol–water partition coefficient (Wildman–Crippen LogP) is 3.89. The average molecular weight is 378 g/mol. The summed E-state index contributed by atoms with van der Waals surface area (Å²) in [6.07, 6.45) is 0.249. The van der Waals surface area contributed by atoms with Crippen molar-refractivity contribution >= 4 is 15.7 Å². The lowest BCUT2D eigenvalue weighted by atomic mass is 9.96. The Morgan fingerprint density at radius 3 is 2.22 bits per heavy atom. The Kier molecular flexibility index (Phi) is 4.64. The molecule has 1 aliphatic rings. The number of hydrogen-bond acceptors (Lipinski definition) is 4. The molecule has 0 saturated heterocycles. The number of rotatable bonds is 4. The average Bonchev–Trinajstić information content (AvgIpc) is 2.73. The van der Waals surface area contributed by atoms with Crippen molar-refractivity contribution in [1.82, 2.24) is 4.83 Å². The molecule has 136 valence electrons. The van der Waals surface area contributed by atoms with Gasteiger partial charge in [0.05, 0.1) is 10.6 Å². The summed E-state index contributed by atoms with van der Waals surface area (Å²) in [5.74, 6) is 0.690. The van der Waals surface area contributed by atoms with E-state index in [2.05, 4.69) is 9.93 Å². The maximum atomic E-state index is 12.5. The normalized spacial score (nSPS) is 17.8. The van der Waals surface area contributed by atoms with Gasteiger partial charge < -0.3 is 4.74 Å². The van der Waals surface area contributed by atoms with E-state index in [9.17, 15) is 8.42 Å². The molecule has 1 N–H and O–H groups in total. The zero-order chi connectivity index (χ0) is 18.7. The fourth-order valence-electron chi connectivity index (χ4n) is 3.02. The molecule has 3 aromatic carbocycles. The first-order chi connectivity index (χ1) is 13.1. The highest BCUT2D eigenvalue weighted by molar-refractivity contribution is 7.89. The molecule has 27 heavy (non-hydrogen) atoms. The lowest BCUT2D eigenvalue weighted by Crippen LogP contribution is -2.25. The lowest BCUT2D eigenvalue weighted by Gasteiger charge is -2.27. The monoisotopic (exact) mass is 378 g/mol. The highest BCUT2D eigenvalue weighted by Crippen LogP contribution is 2.35. The third-order valence-electron chi connectivity index (χ3n) is 4.37. The van der Waals surface area contributed by atoms with Crippen molar-refractivity contribution in [2.75, 3.05) is 0 Å². The summed E-state index contributed by atoms with van der Waals surface area (Å²) < 4.78 is 31.1. The van der Waals surface area contributed by atoms with Crippen LogP contribution in [0.5, 0.6) is 5.75 Å². The fraction of sp³-hybridized carbons (Fsp3) is 0.0952. The van der Waals surface area contributed by atoms with Gasteiger partial charge in [0, 0.05) is 12.0 Å².